The molecule has 2 aromatic carbocycles. The molecule has 3 rings (SSSR count). The number of methoxy groups -OCH3 is 3. The molecule has 0 radical (unpaired) electrons. The summed E-state index contributed by atoms with van der Waals surface area (Å²) in [5.41, 5.74) is 2.26. The summed E-state index contributed by atoms with van der Waals surface area (Å²) in [4.78, 5) is 12.7. The van der Waals surface area contributed by atoms with E-state index in [-0.39, 0.29) is 11.9 Å². The molecule has 1 unspecified atom stereocenters. The number of benzene rings is 2. The maximum atomic E-state index is 12.7. The highest BCUT2D eigenvalue weighted by molar-refractivity contribution is 9.10. The molecule has 7 nitrogen and oxygen atoms in total. The number of halogens is 1. The predicted octanol–water partition coefficient (Wildman–Crippen LogP) is 4.15. The van der Waals surface area contributed by atoms with Crippen molar-refractivity contribution in [1.82, 2.24) is 15.1 Å². The zero-order chi connectivity index (χ0) is 21.0. The molecule has 1 atom stereocenters. The van der Waals surface area contributed by atoms with E-state index >= 15 is 0 Å². The van der Waals surface area contributed by atoms with Gasteiger partial charge in [0.2, 0.25) is 5.75 Å². The number of amides is 1. The first-order chi connectivity index (χ1) is 14.0. The summed E-state index contributed by atoms with van der Waals surface area (Å²) in [7, 11) is 4.67. The Kier molecular flexibility index (Phi) is 6.43. The maximum Gasteiger partial charge on any atom is 0.251 e. The van der Waals surface area contributed by atoms with Crippen molar-refractivity contribution in [2.75, 3.05) is 21.3 Å². The molecule has 0 saturated heterocycles. The molecular formula is C21H22BrN3O4. The van der Waals surface area contributed by atoms with E-state index in [1.54, 1.807) is 44.3 Å². The lowest BCUT2D eigenvalue weighted by Crippen LogP contribution is -2.26. The Morgan fingerprint density at radius 1 is 1.07 bits per heavy atom. The van der Waals surface area contributed by atoms with Crippen molar-refractivity contribution in [3.63, 3.8) is 0 Å². The first-order valence-electron chi connectivity index (χ1n) is 8.88. The molecule has 0 aliphatic carbocycles. The average Bonchev–Trinajstić information content (AvgIpc) is 3.18. The van der Waals surface area contributed by atoms with Gasteiger partial charge in [-0.25, -0.2) is 4.68 Å². The van der Waals surface area contributed by atoms with Crippen molar-refractivity contribution in [2.24, 2.45) is 0 Å². The molecular weight excluding hydrogens is 438 g/mol. The smallest absolute Gasteiger partial charge is 0.251 e. The van der Waals surface area contributed by atoms with Crippen LogP contribution in [0.25, 0.3) is 5.69 Å². The molecule has 3 aromatic rings. The van der Waals surface area contributed by atoms with Crippen molar-refractivity contribution in [2.45, 2.75) is 13.0 Å². The van der Waals surface area contributed by atoms with E-state index in [1.807, 2.05) is 37.4 Å². The van der Waals surface area contributed by atoms with Crippen LogP contribution >= 0.6 is 15.9 Å². The second-order valence-corrected chi connectivity index (χ2v) is 7.22. The van der Waals surface area contributed by atoms with Crippen LogP contribution in [0.2, 0.25) is 0 Å². The molecule has 29 heavy (non-hydrogen) atoms. The van der Waals surface area contributed by atoms with E-state index < -0.39 is 0 Å². The highest BCUT2D eigenvalue weighted by Crippen LogP contribution is 2.39. The van der Waals surface area contributed by atoms with Gasteiger partial charge >= 0.3 is 0 Å². The van der Waals surface area contributed by atoms with Crippen LogP contribution < -0.4 is 19.5 Å². The minimum absolute atomic E-state index is 0.181. The van der Waals surface area contributed by atoms with Gasteiger partial charge in [0.05, 0.1) is 43.7 Å². The lowest BCUT2D eigenvalue weighted by molar-refractivity contribution is 0.0939. The molecule has 0 fully saturated rings. The van der Waals surface area contributed by atoms with Crippen molar-refractivity contribution in [1.29, 1.82) is 0 Å². The molecule has 0 spiro atoms. The van der Waals surface area contributed by atoms with Gasteiger partial charge in [0.15, 0.2) is 11.5 Å². The van der Waals surface area contributed by atoms with Gasteiger partial charge in [-0.3, -0.25) is 4.79 Å². The molecule has 1 N–H and O–H groups in total. The molecule has 8 heteroatoms. The summed E-state index contributed by atoms with van der Waals surface area (Å²) in [5.74, 6) is 1.41. The van der Waals surface area contributed by atoms with Gasteiger partial charge in [0, 0.05) is 11.8 Å². The Hall–Kier alpha value is -3.00. The minimum atomic E-state index is -0.266. The highest BCUT2D eigenvalue weighted by Gasteiger charge is 2.18. The maximum absolute atomic E-state index is 12.7. The van der Waals surface area contributed by atoms with Crippen LogP contribution in [0.15, 0.2) is 53.3 Å². The first-order valence-corrected chi connectivity index (χ1v) is 9.67. The SMILES string of the molecule is COc1cc(C(C)NC(=O)c2ccc(-n3cc(Br)cn3)cc2)cc(OC)c1OC. The van der Waals surface area contributed by atoms with Crippen LogP contribution in [0.4, 0.5) is 0 Å². The highest BCUT2D eigenvalue weighted by atomic mass is 79.9. The third-order valence-electron chi connectivity index (χ3n) is 4.48. The van der Waals surface area contributed by atoms with Crippen molar-refractivity contribution in [3.05, 3.63) is 64.4 Å². The van der Waals surface area contributed by atoms with E-state index in [9.17, 15) is 4.79 Å². The van der Waals surface area contributed by atoms with Gasteiger partial charge < -0.3 is 19.5 Å². The number of rotatable bonds is 7. The summed E-state index contributed by atoms with van der Waals surface area (Å²) in [6.07, 6.45) is 3.56. The minimum Gasteiger partial charge on any atom is -0.493 e. The van der Waals surface area contributed by atoms with Gasteiger partial charge in [0.25, 0.3) is 5.91 Å². The van der Waals surface area contributed by atoms with E-state index in [2.05, 4.69) is 26.3 Å². The fourth-order valence-electron chi connectivity index (χ4n) is 2.92. The van der Waals surface area contributed by atoms with Crippen molar-refractivity contribution in [3.8, 4) is 22.9 Å². The Morgan fingerprint density at radius 2 is 1.69 bits per heavy atom. The lowest BCUT2D eigenvalue weighted by atomic mass is 10.1. The van der Waals surface area contributed by atoms with E-state index in [0.29, 0.717) is 22.8 Å². The number of aromatic nitrogens is 2. The van der Waals surface area contributed by atoms with Gasteiger partial charge in [-0.15, -0.1) is 0 Å². The summed E-state index contributed by atoms with van der Waals surface area (Å²) in [6, 6.07) is 10.6. The van der Waals surface area contributed by atoms with E-state index in [0.717, 1.165) is 15.7 Å². The van der Waals surface area contributed by atoms with Crippen molar-refractivity contribution >= 4 is 21.8 Å². The second-order valence-electron chi connectivity index (χ2n) is 6.30. The lowest BCUT2D eigenvalue weighted by Gasteiger charge is -2.19. The fourth-order valence-corrected chi connectivity index (χ4v) is 3.21. The average molecular weight is 460 g/mol. The number of hydrogen-bond donors (Lipinski definition) is 1. The van der Waals surface area contributed by atoms with Gasteiger partial charge in [0.1, 0.15) is 0 Å². The number of nitrogens with zero attached hydrogens (tertiary/aromatic N) is 2. The molecule has 1 aromatic heterocycles. The molecule has 1 heterocycles. The largest absolute Gasteiger partial charge is 0.493 e. The topological polar surface area (TPSA) is 74.6 Å². The standard InChI is InChI=1S/C21H22BrN3O4/c1-13(15-9-18(27-2)20(29-4)19(10-15)28-3)24-21(26)14-5-7-17(8-6-14)25-12-16(22)11-23-25/h5-13H,1-4H3,(H,24,26). The molecule has 1 amide bonds. The molecule has 0 aliphatic heterocycles. The predicted molar refractivity (Wildman–Crippen MR) is 113 cm³/mol. The zero-order valence-electron chi connectivity index (χ0n) is 16.6. The van der Waals surface area contributed by atoms with Crippen LogP contribution in [0.1, 0.15) is 28.9 Å². The number of nitrogens with one attached hydrogen (secondary N) is 1. The molecule has 0 saturated carbocycles. The zero-order valence-corrected chi connectivity index (χ0v) is 18.2. The summed E-state index contributed by atoms with van der Waals surface area (Å²) >= 11 is 3.37. The van der Waals surface area contributed by atoms with Crippen molar-refractivity contribution < 1.29 is 19.0 Å². The number of carbonyl (C=O) groups is 1. The Bertz CT molecular complexity index is 976. The number of ether oxygens (including phenoxy) is 3. The Morgan fingerprint density at radius 3 is 2.17 bits per heavy atom. The van der Waals surface area contributed by atoms with E-state index in [4.69, 9.17) is 14.2 Å². The number of carbonyl (C=O) groups excluding carboxylic acids is 1. The quantitative estimate of drug-likeness (QED) is 0.574. The van der Waals surface area contributed by atoms with Gasteiger partial charge in [-0.05, 0) is 64.8 Å². The molecule has 0 aliphatic rings. The normalized spacial score (nSPS) is 11.6. The molecule has 0 bridgehead atoms. The number of hydrogen-bond acceptors (Lipinski definition) is 5. The van der Waals surface area contributed by atoms with E-state index in [1.165, 1.54) is 0 Å². The van der Waals surface area contributed by atoms with Crippen LogP contribution in [0.5, 0.6) is 17.2 Å². The van der Waals surface area contributed by atoms with Gasteiger partial charge in [-0.2, -0.15) is 5.10 Å². The summed E-state index contributed by atoms with van der Waals surface area (Å²) in [5, 5.41) is 7.23. The monoisotopic (exact) mass is 459 g/mol. The molecule has 152 valence electrons. The Labute approximate surface area is 177 Å². The fraction of sp³-hybridized carbons (Fsp3) is 0.238. The summed E-state index contributed by atoms with van der Waals surface area (Å²) < 4.78 is 18.7. The van der Waals surface area contributed by atoms with Crippen LogP contribution in [-0.4, -0.2) is 37.0 Å². The van der Waals surface area contributed by atoms with Crippen LogP contribution in [-0.2, 0) is 0 Å². The van der Waals surface area contributed by atoms with Crippen LogP contribution in [0, 0.1) is 0 Å². The first kappa shape index (κ1) is 20.7. The van der Waals surface area contributed by atoms with Gasteiger partial charge in [-0.1, -0.05) is 0 Å². The van der Waals surface area contributed by atoms with Crippen LogP contribution in [0.3, 0.4) is 0 Å². The third kappa shape index (κ3) is 4.54. The third-order valence-corrected chi connectivity index (χ3v) is 4.89. The Balaban J connectivity index is 1.76. The summed E-state index contributed by atoms with van der Waals surface area (Å²) in [6.45, 7) is 1.90. The second kappa shape index (κ2) is 9.00.